The number of hydrogen-bond donors (Lipinski definition) is 2. The molecule has 2 aromatic rings. The van der Waals surface area contributed by atoms with Gasteiger partial charge in [-0.15, -0.1) is 11.3 Å². The van der Waals surface area contributed by atoms with Crippen molar-refractivity contribution in [3.8, 4) is 0 Å². The third-order valence-electron chi connectivity index (χ3n) is 2.88. The van der Waals surface area contributed by atoms with Gasteiger partial charge in [0.25, 0.3) is 0 Å². The van der Waals surface area contributed by atoms with E-state index in [9.17, 15) is 13.5 Å². The summed E-state index contributed by atoms with van der Waals surface area (Å²) < 4.78 is 27.5. The largest absolute Gasteiger partial charge is 0.388 e. The van der Waals surface area contributed by atoms with Crippen molar-refractivity contribution in [1.29, 1.82) is 0 Å². The van der Waals surface area contributed by atoms with Crippen LogP contribution in [-0.4, -0.2) is 20.1 Å². The standard InChI is InChI=1S/C14H16BrNO3S2/c1-10(17)13-7-6-11(20-13)8-9-16-21(18,19)14-5-3-2-4-12(14)15/h2-7,10,16-17H,8-9H2,1H3/t10-/m1/s1. The van der Waals surface area contributed by atoms with Crippen molar-refractivity contribution in [1.82, 2.24) is 4.72 Å². The molecule has 1 aromatic heterocycles. The zero-order chi connectivity index (χ0) is 15.5. The summed E-state index contributed by atoms with van der Waals surface area (Å²) in [7, 11) is -3.51. The van der Waals surface area contributed by atoms with Crippen LogP contribution in [0.1, 0.15) is 22.8 Å². The van der Waals surface area contributed by atoms with Crippen molar-refractivity contribution < 1.29 is 13.5 Å². The first-order valence-corrected chi connectivity index (χ1v) is 9.50. The molecular weight excluding hydrogens is 374 g/mol. The number of thiophene rings is 1. The van der Waals surface area contributed by atoms with E-state index in [1.807, 2.05) is 12.1 Å². The number of sulfonamides is 1. The number of rotatable bonds is 6. The molecule has 4 nitrogen and oxygen atoms in total. The molecule has 1 atom stereocenters. The first-order valence-electron chi connectivity index (χ1n) is 6.41. The Kier molecular flexibility index (Phi) is 5.56. The molecule has 0 spiro atoms. The summed E-state index contributed by atoms with van der Waals surface area (Å²) in [6.45, 7) is 2.04. The van der Waals surface area contributed by atoms with Gasteiger partial charge in [-0.1, -0.05) is 12.1 Å². The predicted molar refractivity (Wildman–Crippen MR) is 88.0 cm³/mol. The van der Waals surface area contributed by atoms with Gasteiger partial charge >= 0.3 is 0 Å². The fourth-order valence-electron chi connectivity index (χ4n) is 1.80. The molecule has 2 rings (SSSR count). The molecule has 0 aliphatic rings. The second kappa shape index (κ2) is 7.02. The van der Waals surface area contributed by atoms with E-state index in [0.717, 1.165) is 9.75 Å². The van der Waals surface area contributed by atoms with Gasteiger partial charge in [0, 0.05) is 20.8 Å². The topological polar surface area (TPSA) is 66.4 Å². The minimum atomic E-state index is -3.51. The summed E-state index contributed by atoms with van der Waals surface area (Å²) in [5.41, 5.74) is 0. The van der Waals surface area contributed by atoms with E-state index < -0.39 is 16.1 Å². The van der Waals surface area contributed by atoms with Gasteiger partial charge in [0.1, 0.15) is 0 Å². The number of nitrogens with one attached hydrogen (secondary N) is 1. The maximum Gasteiger partial charge on any atom is 0.241 e. The lowest BCUT2D eigenvalue weighted by Gasteiger charge is -2.07. The second-order valence-corrected chi connectivity index (χ2v) is 8.35. The van der Waals surface area contributed by atoms with Gasteiger partial charge < -0.3 is 5.11 Å². The zero-order valence-electron chi connectivity index (χ0n) is 11.4. The minimum absolute atomic E-state index is 0.237. The quantitative estimate of drug-likeness (QED) is 0.797. The maximum absolute atomic E-state index is 12.2. The molecule has 1 aromatic carbocycles. The van der Waals surface area contributed by atoms with E-state index in [-0.39, 0.29) is 4.90 Å². The van der Waals surface area contributed by atoms with Gasteiger partial charge in [0.15, 0.2) is 0 Å². The molecular formula is C14H16BrNO3S2. The molecule has 0 unspecified atom stereocenters. The number of benzene rings is 1. The minimum Gasteiger partial charge on any atom is -0.388 e. The third-order valence-corrected chi connectivity index (χ3v) is 6.67. The van der Waals surface area contributed by atoms with Gasteiger partial charge in [-0.05, 0) is 53.5 Å². The lowest BCUT2D eigenvalue weighted by atomic mass is 10.3. The Morgan fingerprint density at radius 1 is 1.29 bits per heavy atom. The van der Waals surface area contributed by atoms with Crippen molar-refractivity contribution in [2.24, 2.45) is 0 Å². The van der Waals surface area contributed by atoms with Gasteiger partial charge in [-0.3, -0.25) is 0 Å². The molecule has 0 fully saturated rings. The highest BCUT2D eigenvalue weighted by Gasteiger charge is 2.16. The number of hydrogen-bond acceptors (Lipinski definition) is 4. The van der Waals surface area contributed by atoms with Crippen molar-refractivity contribution in [2.75, 3.05) is 6.54 Å². The summed E-state index contributed by atoms with van der Waals surface area (Å²) in [6, 6.07) is 10.5. The highest BCUT2D eigenvalue weighted by atomic mass is 79.9. The van der Waals surface area contributed by atoms with Crippen LogP contribution in [0.25, 0.3) is 0 Å². The Labute approximate surface area is 137 Å². The summed E-state index contributed by atoms with van der Waals surface area (Å²) in [4.78, 5) is 2.17. The first-order chi connectivity index (χ1) is 9.90. The van der Waals surface area contributed by atoms with Crippen LogP contribution in [0, 0.1) is 0 Å². The molecule has 21 heavy (non-hydrogen) atoms. The van der Waals surface area contributed by atoms with Crippen LogP contribution in [0.5, 0.6) is 0 Å². The fraction of sp³-hybridized carbons (Fsp3) is 0.286. The summed E-state index contributed by atoms with van der Waals surface area (Å²) >= 11 is 4.74. The van der Waals surface area contributed by atoms with Crippen molar-refractivity contribution >= 4 is 37.3 Å². The summed E-state index contributed by atoms with van der Waals surface area (Å²) in [5.74, 6) is 0. The van der Waals surface area contributed by atoms with Crippen molar-refractivity contribution in [3.05, 3.63) is 50.6 Å². The molecule has 0 amide bonds. The van der Waals surface area contributed by atoms with Crippen LogP contribution in [0.4, 0.5) is 0 Å². The molecule has 0 radical (unpaired) electrons. The molecule has 2 N–H and O–H groups in total. The van der Waals surface area contributed by atoms with E-state index in [1.54, 1.807) is 31.2 Å². The van der Waals surface area contributed by atoms with E-state index >= 15 is 0 Å². The fourth-order valence-corrected chi connectivity index (χ4v) is 4.78. The predicted octanol–water partition coefficient (Wildman–Crippen LogP) is 3.08. The number of halogens is 1. The SMILES string of the molecule is C[C@@H](O)c1ccc(CCNS(=O)(=O)c2ccccc2Br)s1. The average Bonchev–Trinajstić information content (AvgIpc) is 2.88. The Hall–Kier alpha value is -0.730. The average molecular weight is 390 g/mol. The van der Waals surface area contributed by atoms with E-state index in [0.29, 0.717) is 17.4 Å². The molecule has 0 saturated carbocycles. The molecule has 0 bridgehead atoms. The summed E-state index contributed by atoms with van der Waals surface area (Å²) in [6.07, 6.45) is 0.113. The highest BCUT2D eigenvalue weighted by Crippen LogP contribution is 2.23. The van der Waals surface area contributed by atoms with Crippen molar-refractivity contribution in [3.63, 3.8) is 0 Å². The van der Waals surface area contributed by atoms with Gasteiger partial charge in [-0.2, -0.15) is 0 Å². The van der Waals surface area contributed by atoms with Gasteiger partial charge in [-0.25, -0.2) is 13.1 Å². The number of aliphatic hydroxyl groups is 1. The van der Waals surface area contributed by atoms with Gasteiger partial charge in [0.2, 0.25) is 10.0 Å². The normalized spacial score (nSPS) is 13.3. The van der Waals surface area contributed by atoms with Crippen LogP contribution in [-0.2, 0) is 16.4 Å². The molecule has 7 heteroatoms. The van der Waals surface area contributed by atoms with Crippen molar-refractivity contribution in [2.45, 2.75) is 24.3 Å². The lowest BCUT2D eigenvalue weighted by molar-refractivity contribution is 0.203. The van der Waals surface area contributed by atoms with E-state index in [1.165, 1.54) is 11.3 Å². The Balaban J connectivity index is 1.98. The molecule has 0 aliphatic heterocycles. The van der Waals surface area contributed by atoms with Crippen LogP contribution in [0.15, 0.2) is 45.8 Å². The van der Waals surface area contributed by atoms with Gasteiger partial charge in [0.05, 0.1) is 11.0 Å². The molecule has 0 saturated heterocycles. The van der Waals surface area contributed by atoms with Crippen LogP contribution >= 0.6 is 27.3 Å². The maximum atomic E-state index is 12.2. The van der Waals surface area contributed by atoms with Crippen LogP contribution in [0.2, 0.25) is 0 Å². The van der Waals surface area contributed by atoms with Crippen LogP contribution in [0.3, 0.4) is 0 Å². The smallest absolute Gasteiger partial charge is 0.241 e. The Morgan fingerprint density at radius 2 is 2.00 bits per heavy atom. The Bertz CT molecular complexity index is 711. The monoisotopic (exact) mass is 389 g/mol. The molecule has 0 aliphatic carbocycles. The number of aliphatic hydroxyl groups excluding tert-OH is 1. The lowest BCUT2D eigenvalue weighted by Crippen LogP contribution is -2.26. The van der Waals surface area contributed by atoms with E-state index in [4.69, 9.17) is 0 Å². The molecule has 114 valence electrons. The first kappa shape index (κ1) is 16.6. The van der Waals surface area contributed by atoms with E-state index in [2.05, 4.69) is 20.7 Å². The molecule has 1 heterocycles. The zero-order valence-corrected chi connectivity index (χ0v) is 14.6. The highest BCUT2D eigenvalue weighted by molar-refractivity contribution is 9.10. The van der Waals surface area contributed by atoms with Crippen LogP contribution < -0.4 is 4.72 Å². The Morgan fingerprint density at radius 3 is 2.62 bits per heavy atom. The third kappa shape index (κ3) is 4.37. The second-order valence-electron chi connectivity index (χ2n) is 4.56. The summed E-state index contributed by atoms with van der Waals surface area (Å²) in [5, 5.41) is 9.46.